The van der Waals surface area contributed by atoms with Crippen molar-refractivity contribution in [1.82, 2.24) is 0 Å². The molecule has 0 aromatic heterocycles. The molecule has 0 spiro atoms. The van der Waals surface area contributed by atoms with Gasteiger partial charge in [0.05, 0.1) is 13.7 Å². The standard InChI is InChI=1S/C23H26O3/c1-5-6-13-26-18-11-12-19-20(15-18)23(2,3)21(22(19)24)14-16-7-9-17(25-4)10-8-16/h7-12,14-15H,5-6,13H2,1-4H3/b21-14-. The summed E-state index contributed by atoms with van der Waals surface area (Å²) in [7, 11) is 1.65. The van der Waals surface area contributed by atoms with Gasteiger partial charge in [0.1, 0.15) is 11.5 Å². The number of Topliss-reactive ketones (excluding diaryl/α,β-unsaturated/α-hetero) is 1. The number of allylic oxidation sites excluding steroid dienone is 1. The Bertz CT molecular complexity index is 829. The van der Waals surface area contributed by atoms with Crippen molar-refractivity contribution in [3.63, 3.8) is 0 Å². The number of fused-ring (bicyclic) bond motifs is 1. The molecule has 0 saturated carbocycles. The van der Waals surface area contributed by atoms with Gasteiger partial charge in [-0.25, -0.2) is 0 Å². The minimum Gasteiger partial charge on any atom is -0.497 e. The average Bonchev–Trinajstić information content (AvgIpc) is 2.83. The van der Waals surface area contributed by atoms with Gasteiger partial charge in [0.25, 0.3) is 0 Å². The van der Waals surface area contributed by atoms with E-state index in [0.29, 0.717) is 6.61 Å². The second-order valence-corrected chi connectivity index (χ2v) is 7.19. The summed E-state index contributed by atoms with van der Waals surface area (Å²) in [5.41, 5.74) is 3.27. The lowest BCUT2D eigenvalue weighted by Crippen LogP contribution is -2.17. The van der Waals surface area contributed by atoms with Crippen LogP contribution in [0, 0.1) is 0 Å². The van der Waals surface area contributed by atoms with Gasteiger partial charge in [0.15, 0.2) is 5.78 Å². The highest BCUT2D eigenvalue weighted by Crippen LogP contribution is 2.44. The van der Waals surface area contributed by atoms with E-state index in [0.717, 1.165) is 46.6 Å². The van der Waals surface area contributed by atoms with Gasteiger partial charge in [-0.15, -0.1) is 0 Å². The van der Waals surface area contributed by atoms with Crippen LogP contribution in [0.2, 0.25) is 0 Å². The highest BCUT2D eigenvalue weighted by atomic mass is 16.5. The van der Waals surface area contributed by atoms with Gasteiger partial charge in [-0.3, -0.25) is 4.79 Å². The van der Waals surface area contributed by atoms with Crippen molar-refractivity contribution in [2.45, 2.75) is 39.0 Å². The van der Waals surface area contributed by atoms with Gasteiger partial charge in [-0.2, -0.15) is 0 Å². The van der Waals surface area contributed by atoms with Gasteiger partial charge in [0.2, 0.25) is 0 Å². The molecule has 26 heavy (non-hydrogen) atoms. The Morgan fingerprint density at radius 2 is 1.73 bits per heavy atom. The predicted octanol–water partition coefficient (Wildman–Crippen LogP) is 5.43. The number of ether oxygens (including phenoxy) is 2. The largest absolute Gasteiger partial charge is 0.497 e. The Morgan fingerprint density at radius 1 is 1.04 bits per heavy atom. The molecule has 0 radical (unpaired) electrons. The van der Waals surface area contributed by atoms with Gasteiger partial charge < -0.3 is 9.47 Å². The van der Waals surface area contributed by atoms with Crippen LogP contribution >= 0.6 is 0 Å². The summed E-state index contributed by atoms with van der Waals surface area (Å²) in [6.07, 6.45) is 4.12. The number of hydrogen-bond donors (Lipinski definition) is 0. The smallest absolute Gasteiger partial charge is 0.190 e. The molecule has 3 heteroatoms. The molecule has 0 amide bonds. The van der Waals surface area contributed by atoms with Crippen molar-refractivity contribution in [1.29, 1.82) is 0 Å². The van der Waals surface area contributed by atoms with E-state index in [-0.39, 0.29) is 11.2 Å². The molecule has 3 rings (SSSR count). The van der Waals surface area contributed by atoms with E-state index < -0.39 is 0 Å². The summed E-state index contributed by atoms with van der Waals surface area (Å²) in [5, 5.41) is 0. The van der Waals surface area contributed by atoms with Crippen molar-refractivity contribution < 1.29 is 14.3 Å². The Hall–Kier alpha value is -2.55. The normalized spacial score (nSPS) is 16.6. The van der Waals surface area contributed by atoms with Crippen LogP contribution in [-0.2, 0) is 5.41 Å². The van der Waals surface area contributed by atoms with Crippen molar-refractivity contribution >= 4 is 11.9 Å². The van der Waals surface area contributed by atoms with Crippen molar-refractivity contribution in [3.05, 3.63) is 64.7 Å². The lowest BCUT2D eigenvalue weighted by atomic mass is 9.82. The van der Waals surface area contributed by atoms with Gasteiger partial charge in [0, 0.05) is 16.6 Å². The third-order valence-corrected chi connectivity index (χ3v) is 5.02. The number of ketones is 1. The number of benzene rings is 2. The molecule has 0 bridgehead atoms. The molecule has 0 fully saturated rings. The van der Waals surface area contributed by atoms with E-state index in [9.17, 15) is 4.79 Å². The summed E-state index contributed by atoms with van der Waals surface area (Å²) < 4.78 is 11.0. The molecule has 0 atom stereocenters. The van der Waals surface area contributed by atoms with Crippen LogP contribution in [0.15, 0.2) is 48.0 Å². The lowest BCUT2D eigenvalue weighted by molar-refractivity contribution is 0.103. The third-order valence-electron chi connectivity index (χ3n) is 5.02. The van der Waals surface area contributed by atoms with E-state index in [1.54, 1.807) is 7.11 Å². The summed E-state index contributed by atoms with van der Waals surface area (Å²) >= 11 is 0. The molecule has 0 N–H and O–H groups in total. The van der Waals surface area contributed by atoms with Crippen LogP contribution in [0.4, 0.5) is 0 Å². The monoisotopic (exact) mass is 350 g/mol. The van der Waals surface area contributed by atoms with Gasteiger partial charge in [-0.1, -0.05) is 39.3 Å². The fourth-order valence-electron chi connectivity index (χ4n) is 3.35. The van der Waals surface area contributed by atoms with E-state index in [4.69, 9.17) is 9.47 Å². The Labute approximate surface area is 155 Å². The zero-order chi connectivity index (χ0) is 18.7. The summed E-state index contributed by atoms with van der Waals surface area (Å²) in [6, 6.07) is 13.6. The SMILES string of the molecule is CCCCOc1ccc2c(c1)C(C)(C)/C(=C\c1ccc(OC)cc1)C2=O. The minimum atomic E-state index is -0.351. The predicted molar refractivity (Wildman–Crippen MR) is 105 cm³/mol. The molecular weight excluding hydrogens is 324 g/mol. The molecule has 2 aromatic rings. The first-order chi connectivity index (χ1) is 12.5. The van der Waals surface area contributed by atoms with E-state index in [2.05, 4.69) is 20.8 Å². The van der Waals surface area contributed by atoms with E-state index in [1.807, 2.05) is 48.5 Å². The number of unbranched alkanes of at least 4 members (excludes halogenated alkanes) is 1. The maximum Gasteiger partial charge on any atom is 0.190 e. The number of carbonyl (C=O) groups is 1. The average molecular weight is 350 g/mol. The molecular formula is C23H26O3. The topological polar surface area (TPSA) is 35.5 Å². The molecule has 3 nitrogen and oxygen atoms in total. The highest BCUT2D eigenvalue weighted by Gasteiger charge is 2.41. The summed E-state index contributed by atoms with van der Waals surface area (Å²) in [4.78, 5) is 13.0. The second kappa shape index (κ2) is 7.36. The molecule has 1 aliphatic rings. The van der Waals surface area contributed by atoms with Gasteiger partial charge >= 0.3 is 0 Å². The molecule has 0 aliphatic heterocycles. The molecule has 0 saturated heterocycles. The molecule has 2 aromatic carbocycles. The quantitative estimate of drug-likeness (QED) is 0.514. The highest BCUT2D eigenvalue weighted by molar-refractivity contribution is 6.17. The first kappa shape index (κ1) is 18.2. The van der Waals surface area contributed by atoms with Crippen molar-refractivity contribution in [2.24, 2.45) is 0 Å². The lowest BCUT2D eigenvalue weighted by Gasteiger charge is -2.21. The van der Waals surface area contributed by atoms with Crippen molar-refractivity contribution in [3.8, 4) is 11.5 Å². The minimum absolute atomic E-state index is 0.0981. The summed E-state index contributed by atoms with van der Waals surface area (Å²) in [6.45, 7) is 7.05. The Kier molecular flexibility index (Phi) is 5.17. The first-order valence-corrected chi connectivity index (χ1v) is 9.15. The number of rotatable bonds is 6. The molecule has 136 valence electrons. The van der Waals surface area contributed by atoms with Crippen LogP contribution in [-0.4, -0.2) is 19.5 Å². The number of carbonyl (C=O) groups excluding carboxylic acids is 1. The Morgan fingerprint density at radius 3 is 2.38 bits per heavy atom. The van der Waals surface area contributed by atoms with Crippen LogP contribution in [0.25, 0.3) is 6.08 Å². The van der Waals surface area contributed by atoms with Crippen LogP contribution in [0.1, 0.15) is 55.1 Å². The maximum atomic E-state index is 13.0. The zero-order valence-electron chi connectivity index (χ0n) is 16.0. The fraction of sp³-hybridized carbons (Fsp3) is 0.348. The number of hydrogen-bond acceptors (Lipinski definition) is 3. The number of methoxy groups -OCH3 is 1. The van der Waals surface area contributed by atoms with Crippen LogP contribution < -0.4 is 9.47 Å². The van der Waals surface area contributed by atoms with Crippen LogP contribution in [0.3, 0.4) is 0 Å². The first-order valence-electron chi connectivity index (χ1n) is 9.15. The maximum absolute atomic E-state index is 13.0. The van der Waals surface area contributed by atoms with E-state index in [1.165, 1.54) is 0 Å². The summed E-state index contributed by atoms with van der Waals surface area (Å²) in [5.74, 6) is 1.74. The third kappa shape index (κ3) is 3.39. The molecule has 0 heterocycles. The molecule has 1 aliphatic carbocycles. The van der Waals surface area contributed by atoms with Crippen molar-refractivity contribution in [2.75, 3.05) is 13.7 Å². The van der Waals surface area contributed by atoms with Gasteiger partial charge in [-0.05, 0) is 54.0 Å². The molecule has 0 unspecified atom stereocenters. The zero-order valence-corrected chi connectivity index (χ0v) is 16.0. The van der Waals surface area contributed by atoms with E-state index >= 15 is 0 Å². The Balaban J connectivity index is 1.93. The fourth-order valence-corrected chi connectivity index (χ4v) is 3.35. The second-order valence-electron chi connectivity index (χ2n) is 7.19. The van der Waals surface area contributed by atoms with Crippen LogP contribution in [0.5, 0.6) is 11.5 Å².